The molecule has 0 radical (unpaired) electrons. The molecule has 0 spiro atoms. The standard InChI is InChI=1S/C101H116N2O23/c1-8-9-37-56-109-97-81(103-69(6)104)87(85(113-61-74-46-27-14-28-47-74)79(120-97)64-108-57-70-38-19-10-20-39-70)123-99-92(88(115-63-76-50-31-16-32-51-76)82(66(3)117-99)110-58-71-40-21-11-22-41-71)126-101-94(122-96(106)78-54-35-18-36-55-78)90(84(68(5)119-101)112-60-73-44-25-13-26-45-73)125-100-93(121-95(105)77-52-33-17-34-53-77)89(83(67(4)118-100)111-59-72-42-23-12-24-43-72)124-98-91(107-7)86(80(102)65(2)116-98)114-62-75-48-29-15-30-49-75/h8,10-36,38-55,65-68,79-94,97-101H,1,9,37,56-64,102H2,2-7H3,(H,103,104)/t65-,66+,67+,68+,79-,80-,81-,82+,83+,84+,85+,86+,87-,88-,89-,90-,91-,92-,93-,94-,97?,98+,99+,100+,101+/m1/s1. The Morgan fingerprint density at radius 3 is 1.05 bits per heavy atom. The number of carbonyl (C=O) groups is 3. The lowest BCUT2D eigenvalue weighted by Crippen LogP contribution is -2.70. The first-order chi connectivity index (χ1) is 61.6. The maximum atomic E-state index is 15.8. The van der Waals surface area contributed by atoms with Gasteiger partial charge in [0.1, 0.15) is 79.3 Å². The third-order valence-electron chi connectivity index (χ3n) is 22.9. The molecule has 14 rings (SSSR count). The van der Waals surface area contributed by atoms with E-state index in [9.17, 15) is 4.79 Å². The fourth-order valence-electron chi connectivity index (χ4n) is 16.4. The second-order valence-corrected chi connectivity index (χ2v) is 32.1. The highest BCUT2D eigenvalue weighted by Gasteiger charge is 2.60. The number of nitrogens with one attached hydrogen (secondary N) is 1. The van der Waals surface area contributed by atoms with Gasteiger partial charge in [0.25, 0.3) is 0 Å². The smallest absolute Gasteiger partial charge is 0.338 e. The third kappa shape index (κ3) is 25.0. The Bertz CT molecular complexity index is 4700. The van der Waals surface area contributed by atoms with Crippen LogP contribution in [0.1, 0.15) is 107 Å². The molecule has 0 aliphatic carbocycles. The van der Waals surface area contributed by atoms with Crippen LogP contribution >= 0.6 is 0 Å². The van der Waals surface area contributed by atoms with Gasteiger partial charge in [-0.05, 0) is 104 Å². The van der Waals surface area contributed by atoms with E-state index < -0.39 is 171 Å². The van der Waals surface area contributed by atoms with Crippen LogP contribution in [0.25, 0.3) is 0 Å². The largest absolute Gasteiger partial charge is 0.450 e. The maximum absolute atomic E-state index is 15.8. The van der Waals surface area contributed by atoms with Crippen molar-refractivity contribution in [3.8, 4) is 0 Å². The Kier molecular flexibility index (Phi) is 34.5. The number of unbranched alkanes of at least 4 members (excludes halogenated alkanes) is 1. The molecule has 25 heteroatoms. The van der Waals surface area contributed by atoms with Gasteiger partial charge in [0.2, 0.25) is 5.91 Å². The molecule has 3 N–H and O–H groups in total. The molecule has 25 nitrogen and oxygen atoms in total. The normalized spacial score (nSPS) is 29.7. The summed E-state index contributed by atoms with van der Waals surface area (Å²) in [6.45, 7) is 13.3. The second-order valence-electron chi connectivity index (χ2n) is 32.1. The molecule has 1 amide bonds. The van der Waals surface area contributed by atoms with Gasteiger partial charge in [-0.1, -0.05) is 255 Å². The average molecular weight is 1730 g/mol. The summed E-state index contributed by atoms with van der Waals surface area (Å²) < 4.78 is 143. The van der Waals surface area contributed by atoms with Gasteiger partial charge >= 0.3 is 11.9 Å². The van der Waals surface area contributed by atoms with E-state index in [2.05, 4.69) is 11.9 Å². The highest BCUT2D eigenvalue weighted by Crippen LogP contribution is 2.42. The van der Waals surface area contributed by atoms with Gasteiger partial charge in [-0.3, -0.25) is 4.79 Å². The van der Waals surface area contributed by atoms with Crippen molar-refractivity contribution >= 4 is 17.8 Å². The number of hydrogen-bond donors (Lipinski definition) is 2. The van der Waals surface area contributed by atoms with Crippen LogP contribution in [0.3, 0.4) is 0 Å². The van der Waals surface area contributed by atoms with Crippen molar-refractivity contribution < 1.29 is 109 Å². The molecule has 668 valence electrons. The maximum Gasteiger partial charge on any atom is 0.338 e. The molecule has 5 aliphatic heterocycles. The van der Waals surface area contributed by atoms with E-state index in [1.807, 2.05) is 226 Å². The first-order valence-corrected chi connectivity index (χ1v) is 43.4. The number of hydrogen-bond acceptors (Lipinski definition) is 24. The quantitative estimate of drug-likeness (QED) is 0.0205. The Hall–Kier alpha value is -9.63. The van der Waals surface area contributed by atoms with Crippen molar-refractivity contribution in [1.29, 1.82) is 0 Å². The van der Waals surface area contributed by atoms with Crippen LogP contribution in [0, 0.1) is 0 Å². The van der Waals surface area contributed by atoms with Crippen LogP contribution in [0.15, 0.2) is 286 Å². The van der Waals surface area contributed by atoms with E-state index in [1.54, 1.807) is 80.6 Å². The molecule has 5 fully saturated rings. The first kappa shape index (κ1) is 92.5. The molecular formula is C101H116N2O23. The number of rotatable bonds is 41. The van der Waals surface area contributed by atoms with E-state index in [0.29, 0.717) is 12.8 Å². The summed E-state index contributed by atoms with van der Waals surface area (Å²) >= 11 is 0. The number of esters is 2. The molecule has 0 saturated carbocycles. The molecule has 5 aliphatic rings. The van der Waals surface area contributed by atoms with E-state index in [-0.39, 0.29) is 70.6 Å². The third-order valence-corrected chi connectivity index (χ3v) is 22.9. The van der Waals surface area contributed by atoms with Crippen LogP contribution in [-0.2, 0) is 146 Å². The van der Waals surface area contributed by atoms with E-state index in [4.69, 9.17) is 100 Å². The fraction of sp³-hybridized carbons (Fsp3) is 0.416. The van der Waals surface area contributed by atoms with Gasteiger partial charge in [-0.25, -0.2) is 9.59 Å². The molecule has 9 aromatic carbocycles. The van der Waals surface area contributed by atoms with Crippen LogP contribution in [0.5, 0.6) is 0 Å². The SMILES string of the molecule is C=CCCCOC1O[C@H](COCc2ccccc2)[C@H](OCc2ccccc2)[C@H](O[C@@H]2O[C@@H](C)[C@H](OCc3ccccc3)[C@@H](OCc3ccccc3)[C@H]2O[C@@H]2O[C@@H](C)[C@H](OCc3ccccc3)[C@@H](O[C@@H]3O[C@@H](C)[C@H](OCc4ccccc4)[C@@H](O[C@@H]4O[C@H](C)[C@@H](N)[C@H](OCc5ccccc5)[C@H]4OC)[C@H]3OC(=O)c3ccccc3)[C@H]2OC(=O)c2ccccc2)[C@H]1NC(C)=O. The zero-order valence-electron chi connectivity index (χ0n) is 71.9. The van der Waals surface area contributed by atoms with Gasteiger partial charge in [0.05, 0.1) is 101 Å². The molecule has 5 saturated heterocycles. The van der Waals surface area contributed by atoms with Gasteiger partial charge in [-0.15, -0.1) is 6.58 Å². The Morgan fingerprint density at radius 1 is 0.349 bits per heavy atom. The predicted molar refractivity (Wildman–Crippen MR) is 465 cm³/mol. The zero-order valence-corrected chi connectivity index (χ0v) is 71.9. The number of benzene rings is 9. The molecule has 25 atom stereocenters. The van der Waals surface area contributed by atoms with Crippen LogP contribution in [0.2, 0.25) is 0 Å². The summed E-state index contributed by atoms with van der Waals surface area (Å²) in [4.78, 5) is 45.3. The van der Waals surface area contributed by atoms with Crippen LogP contribution < -0.4 is 11.1 Å². The van der Waals surface area contributed by atoms with Crippen molar-refractivity contribution in [2.45, 2.75) is 247 Å². The highest BCUT2D eigenvalue weighted by molar-refractivity contribution is 5.90. The lowest BCUT2D eigenvalue weighted by Gasteiger charge is -2.52. The van der Waals surface area contributed by atoms with Crippen molar-refractivity contribution in [3.63, 3.8) is 0 Å². The summed E-state index contributed by atoms with van der Waals surface area (Å²) in [7, 11) is 1.52. The van der Waals surface area contributed by atoms with E-state index in [0.717, 1.165) is 38.9 Å². The minimum Gasteiger partial charge on any atom is -0.450 e. The highest BCUT2D eigenvalue weighted by atomic mass is 16.8. The molecule has 9 aromatic rings. The summed E-state index contributed by atoms with van der Waals surface area (Å²) in [6.07, 6.45) is -25.6. The molecule has 0 bridgehead atoms. The molecular weight excluding hydrogens is 1610 g/mol. The zero-order chi connectivity index (χ0) is 87.5. The Balaban J connectivity index is 0.917. The number of nitrogens with two attached hydrogens (primary N) is 1. The number of amides is 1. The summed E-state index contributed by atoms with van der Waals surface area (Å²) in [5.41, 5.74) is 13.2. The minimum absolute atomic E-state index is 0.00870. The van der Waals surface area contributed by atoms with Gasteiger partial charge in [-0.2, -0.15) is 0 Å². The monoisotopic (exact) mass is 1720 g/mol. The number of carbonyl (C=O) groups excluding carboxylic acids is 3. The minimum atomic E-state index is -1.75. The lowest BCUT2D eigenvalue weighted by molar-refractivity contribution is -0.399. The summed E-state index contributed by atoms with van der Waals surface area (Å²) in [5.74, 6) is -2.07. The Morgan fingerprint density at radius 2 is 0.667 bits per heavy atom. The van der Waals surface area contributed by atoms with Crippen LogP contribution in [-0.4, -0.2) is 192 Å². The van der Waals surface area contributed by atoms with E-state index in [1.165, 1.54) is 14.0 Å². The van der Waals surface area contributed by atoms with Gasteiger partial charge in [0.15, 0.2) is 43.7 Å². The fourth-order valence-corrected chi connectivity index (χ4v) is 16.4. The predicted octanol–water partition coefficient (Wildman–Crippen LogP) is 14.2. The average Bonchev–Trinajstić information content (AvgIpc) is 0.757. The Labute approximate surface area is 737 Å². The van der Waals surface area contributed by atoms with Crippen molar-refractivity contribution in [2.75, 3.05) is 20.3 Å². The van der Waals surface area contributed by atoms with Crippen molar-refractivity contribution in [2.24, 2.45) is 5.73 Å². The molecule has 0 aromatic heterocycles. The summed E-state index contributed by atoms with van der Waals surface area (Å²) in [6, 6.07) is 82.5. The second kappa shape index (κ2) is 46.9. The topological polar surface area (TPSA) is 274 Å². The van der Waals surface area contributed by atoms with Crippen molar-refractivity contribution in [3.05, 3.63) is 336 Å². The van der Waals surface area contributed by atoms with Crippen molar-refractivity contribution in [1.82, 2.24) is 5.32 Å². The molecule has 1 unspecified atom stereocenters. The molecule has 126 heavy (non-hydrogen) atoms. The number of ether oxygens (including phenoxy) is 20. The molecule has 5 heterocycles. The first-order valence-electron chi connectivity index (χ1n) is 43.4. The lowest BCUT2D eigenvalue weighted by atomic mass is 9.94. The summed E-state index contributed by atoms with van der Waals surface area (Å²) in [5, 5.41) is 3.17. The van der Waals surface area contributed by atoms with Gasteiger partial charge < -0.3 is 106 Å². The van der Waals surface area contributed by atoms with E-state index >= 15 is 9.59 Å². The number of allylic oxidation sites excluding steroid dienone is 1. The van der Waals surface area contributed by atoms with Gasteiger partial charge in [0, 0.05) is 14.0 Å². The number of methoxy groups -OCH3 is 1. The van der Waals surface area contributed by atoms with Crippen LogP contribution in [0.4, 0.5) is 0 Å².